The summed E-state index contributed by atoms with van der Waals surface area (Å²) in [5, 5.41) is 0.600. The first-order chi connectivity index (χ1) is 7.72. The van der Waals surface area contributed by atoms with Crippen LogP contribution in [0.5, 0.6) is 0 Å². The van der Waals surface area contributed by atoms with Crippen molar-refractivity contribution < 1.29 is 8.42 Å². The Kier molecular flexibility index (Phi) is 4.84. The summed E-state index contributed by atoms with van der Waals surface area (Å²) in [5.74, 6) is -0.0131. The molecule has 0 aliphatic heterocycles. The molecule has 0 radical (unpaired) electrons. The van der Waals surface area contributed by atoms with Gasteiger partial charge in [0, 0.05) is 16.1 Å². The van der Waals surface area contributed by atoms with E-state index in [-0.39, 0.29) is 16.6 Å². The zero-order valence-corrected chi connectivity index (χ0v) is 12.0. The van der Waals surface area contributed by atoms with Gasteiger partial charge in [0.1, 0.15) is 0 Å². The lowest BCUT2D eigenvalue weighted by molar-refractivity contribution is 0.516. The summed E-state index contributed by atoms with van der Waals surface area (Å²) in [5.41, 5.74) is 5.77. The summed E-state index contributed by atoms with van der Waals surface area (Å²) in [4.78, 5) is 0.117. The number of rotatable bonds is 4. The fourth-order valence-electron chi connectivity index (χ4n) is 1.25. The van der Waals surface area contributed by atoms with E-state index in [9.17, 15) is 8.42 Å². The lowest BCUT2D eigenvalue weighted by Crippen LogP contribution is -2.34. The molecule has 0 aliphatic carbocycles. The van der Waals surface area contributed by atoms with E-state index in [0.29, 0.717) is 10.0 Å². The van der Waals surface area contributed by atoms with Gasteiger partial charge in [0.15, 0.2) is 9.84 Å². The Morgan fingerprint density at radius 1 is 1.18 bits per heavy atom. The van der Waals surface area contributed by atoms with Gasteiger partial charge in [-0.15, -0.1) is 0 Å². The molecular weight excluding hydrogens is 281 g/mol. The number of halogens is 2. The minimum atomic E-state index is -3.44. The molecule has 0 saturated heterocycles. The SMILES string of the molecule is CC(C)C(N)CS(=O)(=O)c1cc(Cl)cc(Cl)c1. The number of sulfone groups is 1. The van der Waals surface area contributed by atoms with E-state index in [1.807, 2.05) is 13.8 Å². The van der Waals surface area contributed by atoms with Crippen LogP contribution in [0.25, 0.3) is 0 Å². The highest BCUT2D eigenvalue weighted by Gasteiger charge is 2.21. The van der Waals surface area contributed by atoms with Gasteiger partial charge in [0.05, 0.1) is 10.6 Å². The average Bonchev–Trinajstić information content (AvgIpc) is 2.15. The minimum absolute atomic E-state index is 0.0967. The van der Waals surface area contributed by atoms with Gasteiger partial charge in [-0.25, -0.2) is 8.42 Å². The summed E-state index contributed by atoms with van der Waals surface area (Å²) in [7, 11) is -3.44. The van der Waals surface area contributed by atoms with Crippen molar-refractivity contribution in [3.63, 3.8) is 0 Å². The van der Waals surface area contributed by atoms with Gasteiger partial charge in [-0.05, 0) is 24.1 Å². The first-order valence-electron chi connectivity index (χ1n) is 5.17. The van der Waals surface area contributed by atoms with Crippen LogP contribution in [0.15, 0.2) is 23.1 Å². The van der Waals surface area contributed by atoms with Crippen LogP contribution < -0.4 is 5.73 Å². The van der Waals surface area contributed by atoms with Crippen LogP contribution in [0.4, 0.5) is 0 Å². The molecule has 17 heavy (non-hydrogen) atoms. The third-order valence-electron chi connectivity index (χ3n) is 2.46. The van der Waals surface area contributed by atoms with Gasteiger partial charge in [0.2, 0.25) is 0 Å². The van der Waals surface area contributed by atoms with Gasteiger partial charge in [-0.3, -0.25) is 0 Å². The number of benzene rings is 1. The second kappa shape index (κ2) is 5.57. The Labute approximate surface area is 112 Å². The van der Waals surface area contributed by atoms with Crippen molar-refractivity contribution in [2.24, 2.45) is 11.7 Å². The lowest BCUT2D eigenvalue weighted by Gasteiger charge is -2.15. The molecule has 0 fully saturated rings. The summed E-state index contributed by atoms with van der Waals surface area (Å²) >= 11 is 11.6. The lowest BCUT2D eigenvalue weighted by atomic mass is 10.1. The smallest absolute Gasteiger partial charge is 0.180 e. The zero-order valence-electron chi connectivity index (χ0n) is 9.65. The van der Waals surface area contributed by atoms with Gasteiger partial charge in [-0.2, -0.15) is 0 Å². The van der Waals surface area contributed by atoms with Crippen molar-refractivity contribution in [3.05, 3.63) is 28.2 Å². The summed E-state index contributed by atoms with van der Waals surface area (Å²) < 4.78 is 24.1. The van der Waals surface area contributed by atoms with Gasteiger partial charge in [0.25, 0.3) is 0 Å². The molecule has 1 aromatic carbocycles. The predicted octanol–water partition coefficient (Wildman–Crippen LogP) is 2.75. The monoisotopic (exact) mass is 295 g/mol. The van der Waals surface area contributed by atoms with Crippen LogP contribution in [0.1, 0.15) is 13.8 Å². The third kappa shape index (κ3) is 4.14. The van der Waals surface area contributed by atoms with Crippen LogP contribution >= 0.6 is 23.2 Å². The summed E-state index contributed by atoms with van der Waals surface area (Å²) in [6.45, 7) is 3.76. The highest BCUT2D eigenvalue weighted by atomic mass is 35.5. The second-order valence-electron chi connectivity index (χ2n) is 4.29. The van der Waals surface area contributed by atoms with E-state index in [0.717, 1.165) is 0 Å². The maximum atomic E-state index is 12.1. The van der Waals surface area contributed by atoms with Crippen LogP contribution in [-0.4, -0.2) is 20.2 Å². The molecule has 1 rings (SSSR count). The molecule has 6 heteroatoms. The van der Waals surface area contributed by atoms with Crippen LogP contribution in [0, 0.1) is 5.92 Å². The van der Waals surface area contributed by atoms with Gasteiger partial charge < -0.3 is 5.73 Å². The van der Waals surface area contributed by atoms with Crippen molar-refractivity contribution in [3.8, 4) is 0 Å². The van der Waals surface area contributed by atoms with Crippen molar-refractivity contribution in [1.82, 2.24) is 0 Å². The van der Waals surface area contributed by atoms with Crippen LogP contribution in [-0.2, 0) is 9.84 Å². The Hall–Kier alpha value is -0.290. The van der Waals surface area contributed by atoms with Gasteiger partial charge >= 0.3 is 0 Å². The fourth-order valence-corrected chi connectivity index (χ4v) is 3.60. The standard InChI is InChI=1S/C11H15Cl2NO2S/c1-7(2)11(14)6-17(15,16)10-4-8(12)3-9(13)5-10/h3-5,7,11H,6,14H2,1-2H3. The molecular formula is C11H15Cl2NO2S. The van der Waals surface area contributed by atoms with E-state index in [2.05, 4.69) is 0 Å². The summed E-state index contributed by atoms with van der Waals surface area (Å²) in [6, 6.07) is 3.86. The van der Waals surface area contributed by atoms with E-state index >= 15 is 0 Å². The summed E-state index contributed by atoms with van der Waals surface area (Å²) in [6.07, 6.45) is 0. The third-order valence-corrected chi connectivity index (χ3v) is 4.68. The molecule has 0 spiro atoms. The van der Waals surface area contributed by atoms with E-state index in [1.165, 1.54) is 18.2 Å². The van der Waals surface area contributed by atoms with Crippen molar-refractivity contribution in [2.45, 2.75) is 24.8 Å². The quantitative estimate of drug-likeness (QED) is 0.929. The fraction of sp³-hybridized carbons (Fsp3) is 0.455. The molecule has 1 atom stereocenters. The normalized spacial score (nSPS) is 14.0. The van der Waals surface area contributed by atoms with E-state index < -0.39 is 15.9 Å². The number of hydrogen-bond acceptors (Lipinski definition) is 3. The molecule has 2 N–H and O–H groups in total. The van der Waals surface area contributed by atoms with Crippen molar-refractivity contribution in [1.29, 1.82) is 0 Å². The highest BCUT2D eigenvalue weighted by Crippen LogP contribution is 2.23. The Morgan fingerprint density at radius 2 is 1.65 bits per heavy atom. The Balaban J connectivity index is 3.05. The second-order valence-corrected chi connectivity index (χ2v) is 7.20. The first kappa shape index (κ1) is 14.8. The van der Waals surface area contributed by atoms with E-state index in [4.69, 9.17) is 28.9 Å². The topological polar surface area (TPSA) is 60.2 Å². The molecule has 0 amide bonds. The molecule has 3 nitrogen and oxygen atoms in total. The molecule has 1 aromatic rings. The predicted molar refractivity (Wildman–Crippen MR) is 71.3 cm³/mol. The molecule has 0 aliphatic rings. The molecule has 0 heterocycles. The maximum absolute atomic E-state index is 12.1. The highest BCUT2D eigenvalue weighted by molar-refractivity contribution is 7.91. The van der Waals surface area contributed by atoms with Crippen molar-refractivity contribution in [2.75, 3.05) is 5.75 Å². The largest absolute Gasteiger partial charge is 0.327 e. The zero-order chi connectivity index (χ0) is 13.2. The van der Waals surface area contributed by atoms with Gasteiger partial charge in [-0.1, -0.05) is 37.0 Å². The average molecular weight is 296 g/mol. The first-order valence-corrected chi connectivity index (χ1v) is 7.57. The Morgan fingerprint density at radius 3 is 2.06 bits per heavy atom. The molecule has 0 bridgehead atoms. The van der Waals surface area contributed by atoms with Crippen molar-refractivity contribution >= 4 is 33.0 Å². The van der Waals surface area contributed by atoms with Crippen LogP contribution in [0.3, 0.4) is 0 Å². The maximum Gasteiger partial charge on any atom is 0.180 e. The molecule has 96 valence electrons. The molecule has 0 saturated carbocycles. The Bertz CT molecular complexity index is 480. The minimum Gasteiger partial charge on any atom is -0.327 e. The van der Waals surface area contributed by atoms with E-state index in [1.54, 1.807) is 0 Å². The number of hydrogen-bond donors (Lipinski definition) is 1. The molecule has 0 aromatic heterocycles. The number of nitrogens with two attached hydrogens (primary N) is 1. The molecule has 1 unspecified atom stereocenters. The van der Waals surface area contributed by atoms with Crippen LogP contribution in [0.2, 0.25) is 10.0 Å².